The van der Waals surface area contributed by atoms with Gasteiger partial charge >= 0.3 is 0 Å². The Labute approximate surface area is 108 Å². The van der Waals surface area contributed by atoms with E-state index in [-0.39, 0.29) is 18.2 Å². The number of aromatic hydroxyl groups is 1. The van der Waals surface area contributed by atoms with Crippen molar-refractivity contribution < 1.29 is 9.90 Å². The number of hydrogen-bond acceptors (Lipinski definition) is 4. The predicted octanol–water partition coefficient (Wildman–Crippen LogP) is 0.593. The number of nitrogen functional groups attached to an aromatic ring is 1. The molecule has 0 spiro atoms. The summed E-state index contributed by atoms with van der Waals surface area (Å²) in [5.74, 6) is -0.623. The van der Waals surface area contributed by atoms with Gasteiger partial charge in [-0.2, -0.15) is 0 Å². The van der Waals surface area contributed by atoms with Crippen molar-refractivity contribution in [3.05, 3.63) is 58.0 Å². The summed E-state index contributed by atoms with van der Waals surface area (Å²) in [5, 5.41) is 11.7. The zero-order chi connectivity index (χ0) is 13.8. The van der Waals surface area contributed by atoms with E-state index < -0.39 is 5.43 Å². The van der Waals surface area contributed by atoms with Gasteiger partial charge in [-0.3, -0.25) is 9.59 Å². The van der Waals surface area contributed by atoms with Gasteiger partial charge in [0.05, 0.1) is 6.54 Å². The monoisotopic (exact) mass is 259 g/mol. The van der Waals surface area contributed by atoms with Crippen LogP contribution >= 0.6 is 0 Å². The number of hydrogen-bond donors (Lipinski definition) is 4. The molecule has 0 aliphatic heterocycles. The molecule has 0 unspecified atom stereocenters. The summed E-state index contributed by atoms with van der Waals surface area (Å²) in [7, 11) is 0. The molecule has 1 aromatic carbocycles. The minimum atomic E-state index is -0.490. The summed E-state index contributed by atoms with van der Waals surface area (Å²) in [4.78, 5) is 25.7. The highest BCUT2D eigenvalue weighted by Gasteiger charge is 2.05. The van der Waals surface area contributed by atoms with Crippen LogP contribution in [-0.2, 0) is 6.54 Å². The van der Waals surface area contributed by atoms with E-state index >= 15 is 0 Å². The molecule has 19 heavy (non-hydrogen) atoms. The van der Waals surface area contributed by atoms with Crippen LogP contribution in [0.25, 0.3) is 0 Å². The molecule has 2 aromatic rings. The third kappa shape index (κ3) is 3.12. The summed E-state index contributed by atoms with van der Waals surface area (Å²) >= 11 is 0. The van der Waals surface area contributed by atoms with Crippen LogP contribution in [0, 0.1) is 0 Å². The Morgan fingerprint density at radius 1 is 1.32 bits per heavy atom. The number of nitrogens with two attached hydrogens (primary N) is 1. The number of aromatic nitrogens is 1. The first-order chi connectivity index (χ1) is 9.06. The molecule has 0 atom stereocenters. The van der Waals surface area contributed by atoms with E-state index in [9.17, 15) is 9.59 Å². The Hall–Kier alpha value is -2.76. The Bertz CT molecular complexity index is 647. The number of rotatable bonds is 3. The molecule has 0 bridgehead atoms. The van der Waals surface area contributed by atoms with Gasteiger partial charge in [-0.15, -0.1) is 0 Å². The number of nitrogens with one attached hydrogen (secondary N) is 2. The normalized spacial score (nSPS) is 10.1. The molecule has 5 N–H and O–H groups in total. The fourth-order valence-electron chi connectivity index (χ4n) is 1.52. The molecule has 1 amide bonds. The van der Waals surface area contributed by atoms with E-state index in [1.807, 2.05) is 0 Å². The predicted molar refractivity (Wildman–Crippen MR) is 70.8 cm³/mol. The van der Waals surface area contributed by atoms with Crippen LogP contribution in [0.4, 0.5) is 5.69 Å². The first-order valence-corrected chi connectivity index (χ1v) is 5.60. The van der Waals surface area contributed by atoms with Gasteiger partial charge in [0.2, 0.25) is 5.43 Å². The molecule has 0 saturated heterocycles. The Morgan fingerprint density at radius 3 is 2.63 bits per heavy atom. The average molecular weight is 259 g/mol. The molecule has 0 saturated carbocycles. The Kier molecular flexibility index (Phi) is 3.51. The maximum absolute atomic E-state index is 11.8. The van der Waals surface area contributed by atoms with Crippen molar-refractivity contribution >= 4 is 11.6 Å². The average Bonchev–Trinajstić information content (AvgIpc) is 2.40. The molecule has 0 aliphatic carbocycles. The van der Waals surface area contributed by atoms with Crippen molar-refractivity contribution in [1.29, 1.82) is 0 Å². The number of amides is 1. The number of H-pyrrole nitrogens is 1. The van der Waals surface area contributed by atoms with E-state index in [0.717, 1.165) is 0 Å². The SMILES string of the molecule is Nc1ccc(C(=O)NCc2cc(=O)c(O)c[nH]2)cc1. The van der Waals surface area contributed by atoms with Gasteiger partial charge in [-0.1, -0.05) is 0 Å². The summed E-state index contributed by atoms with van der Waals surface area (Å²) in [5.41, 5.74) is 6.61. The van der Waals surface area contributed by atoms with Crippen LogP contribution in [0.15, 0.2) is 41.3 Å². The number of aromatic amines is 1. The second kappa shape index (κ2) is 5.26. The molecular weight excluding hydrogens is 246 g/mol. The van der Waals surface area contributed by atoms with Gasteiger partial charge < -0.3 is 21.1 Å². The maximum Gasteiger partial charge on any atom is 0.251 e. The van der Waals surface area contributed by atoms with Gasteiger partial charge in [0.15, 0.2) is 5.75 Å². The van der Waals surface area contributed by atoms with Gasteiger partial charge in [0, 0.05) is 29.2 Å². The molecule has 2 rings (SSSR count). The molecule has 98 valence electrons. The second-order valence-electron chi connectivity index (χ2n) is 4.01. The van der Waals surface area contributed by atoms with Gasteiger partial charge in [-0.05, 0) is 24.3 Å². The zero-order valence-corrected chi connectivity index (χ0v) is 10.0. The largest absolute Gasteiger partial charge is 0.503 e. The minimum Gasteiger partial charge on any atom is -0.503 e. The third-order valence-electron chi connectivity index (χ3n) is 2.56. The fourth-order valence-corrected chi connectivity index (χ4v) is 1.52. The van der Waals surface area contributed by atoms with Gasteiger partial charge in [0.25, 0.3) is 5.91 Å². The molecule has 0 fully saturated rings. The first-order valence-electron chi connectivity index (χ1n) is 5.60. The lowest BCUT2D eigenvalue weighted by Crippen LogP contribution is -2.23. The van der Waals surface area contributed by atoms with Crippen LogP contribution in [0.5, 0.6) is 5.75 Å². The Morgan fingerprint density at radius 2 is 2.00 bits per heavy atom. The molecule has 0 aliphatic rings. The lowest BCUT2D eigenvalue weighted by Gasteiger charge is -2.05. The van der Waals surface area contributed by atoms with Crippen molar-refractivity contribution in [2.24, 2.45) is 0 Å². The number of benzene rings is 1. The highest BCUT2D eigenvalue weighted by atomic mass is 16.3. The van der Waals surface area contributed by atoms with Crippen molar-refractivity contribution in [2.75, 3.05) is 5.73 Å². The summed E-state index contributed by atoms with van der Waals surface area (Å²) in [6.45, 7) is 0.165. The molecule has 1 aromatic heterocycles. The molecule has 6 heteroatoms. The second-order valence-corrected chi connectivity index (χ2v) is 4.01. The number of carbonyl (C=O) groups excluding carboxylic acids is 1. The number of pyridine rings is 1. The van der Waals surface area contributed by atoms with Crippen molar-refractivity contribution in [2.45, 2.75) is 6.54 Å². The van der Waals surface area contributed by atoms with E-state index in [2.05, 4.69) is 10.3 Å². The van der Waals surface area contributed by atoms with Crippen LogP contribution < -0.4 is 16.5 Å². The van der Waals surface area contributed by atoms with E-state index in [4.69, 9.17) is 10.8 Å². The van der Waals surface area contributed by atoms with Crippen LogP contribution in [0.1, 0.15) is 16.1 Å². The Balaban J connectivity index is 2.02. The fraction of sp³-hybridized carbons (Fsp3) is 0.0769. The molecule has 6 nitrogen and oxygen atoms in total. The smallest absolute Gasteiger partial charge is 0.251 e. The van der Waals surface area contributed by atoms with E-state index in [1.54, 1.807) is 24.3 Å². The number of anilines is 1. The van der Waals surface area contributed by atoms with Gasteiger partial charge in [-0.25, -0.2) is 0 Å². The highest BCUT2D eigenvalue weighted by molar-refractivity contribution is 5.94. The lowest BCUT2D eigenvalue weighted by atomic mass is 10.2. The van der Waals surface area contributed by atoms with E-state index in [0.29, 0.717) is 16.9 Å². The highest BCUT2D eigenvalue weighted by Crippen LogP contribution is 2.05. The topological polar surface area (TPSA) is 108 Å². The molecule has 1 heterocycles. The van der Waals surface area contributed by atoms with Crippen molar-refractivity contribution in [1.82, 2.24) is 10.3 Å². The first kappa shape index (κ1) is 12.7. The quantitative estimate of drug-likeness (QED) is 0.605. The van der Waals surface area contributed by atoms with Crippen molar-refractivity contribution in [3.63, 3.8) is 0 Å². The maximum atomic E-state index is 11.8. The van der Waals surface area contributed by atoms with Crippen LogP contribution in [0.2, 0.25) is 0 Å². The van der Waals surface area contributed by atoms with Crippen molar-refractivity contribution in [3.8, 4) is 5.75 Å². The van der Waals surface area contributed by atoms with Crippen LogP contribution in [-0.4, -0.2) is 16.0 Å². The zero-order valence-electron chi connectivity index (χ0n) is 10.0. The van der Waals surface area contributed by atoms with E-state index in [1.165, 1.54) is 12.3 Å². The molecular formula is C13H13N3O3. The summed E-state index contributed by atoms with van der Waals surface area (Å²) in [6.07, 6.45) is 1.19. The van der Waals surface area contributed by atoms with Gasteiger partial charge in [0.1, 0.15) is 0 Å². The molecule has 0 radical (unpaired) electrons. The summed E-state index contributed by atoms with van der Waals surface area (Å²) < 4.78 is 0. The number of carbonyl (C=O) groups is 1. The lowest BCUT2D eigenvalue weighted by molar-refractivity contribution is 0.0950. The van der Waals surface area contributed by atoms with Crippen LogP contribution in [0.3, 0.4) is 0 Å². The standard InChI is InChI=1S/C13H13N3O3/c14-9-3-1-8(2-4-9)13(19)16-6-10-5-11(17)12(18)7-15-10/h1-5,7,18H,6,14H2,(H,15,17)(H,16,19). The minimum absolute atomic E-state index is 0.165. The third-order valence-corrected chi connectivity index (χ3v) is 2.56. The summed E-state index contributed by atoms with van der Waals surface area (Å²) in [6, 6.07) is 7.74.